The molecule has 0 heterocycles. The summed E-state index contributed by atoms with van der Waals surface area (Å²) in [6.45, 7) is 2.78. The molecule has 1 N–H and O–H groups in total. The Morgan fingerprint density at radius 3 is 2.50 bits per heavy atom. The molecule has 0 saturated carbocycles. The highest BCUT2D eigenvalue weighted by molar-refractivity contribution is 5.17. The Labute approximate surface area is 85.5 Å². The summed E-state index contributed by atoms with van der Waals surface area (Å²) in [6.07, 6.45) is 0.374. The molecule has 2 unspecified atom stereocenters. The second kappa shape index (κ2) is 5.78. The van der Waals surface area contributed by atoms with E-state index in [-0.39, 0.29) is 6.10 Å². The molecule has 0 aliphatic rings. The summed E-state index contributed by atoms with van der Waals surface area (Å²) in [5, 5.41) is 9.86. The molecular weight excluding hydrogens is 176 g/mol. The lowest BCUT2D eigenvalue weighted by molar-refractivity contribution is 0.102. The number of rotatable bonds is 5. The summed E-state index contributed by atoms with van der Waals surface area (Å²) in [6, 6.07) is 9.74. The maximum absolute atomic E-state index is 9.86. The van der Waals surface area contributed by atoms with Gasteiger partial charge in [0.1, 0.15) is 0 Å². The van der Waals surface area contributed by atoms with Crippen molar-refractivity contribution in [2.75, 3.05) is 13.7 Å². The molecule has 1 aromatic rings. The minimum Gasteiger partial charge on any atom is -0.388 e. The van der Waals surface area contributed by atoms with Gasteiger partial charge in [-0.2, -0.15) is 0 Å². The number of methoxy groups -OCH3 is 1. The lowest BCUT2D eigenvalue weighted by Gasteiger charge is -2.15. The molecule has 2 heteroatoms. The van der Waals surface area contributed by atoms with Crippen LogP contribution in [0.4, 0.5) is 0 Å². The highest BCUT2D eigenvalue weighted by Gasteiger charge is 2.11. The van der Waals surface area contributed by atoms with Crippen LogP contribution < -0.4 is 0 Å². The van der Waals surface area contributed by atoms with Crippen molar-refractivity contribution in [1.82, 2.24) is 0 Å². The van der Waals surface area contributed by atoms with Gasteiger partial charge in [0, 0.05) is 13.7 Å². The van der Waals surface area contributed by atoms with E-state index in [4.69, 9.17) is 4.74 Å². The topological polar surface area (TPSA) is 29.5 Å². The predicted molar refractivity (Wildman–Crippen MR) is 57.1 cm³/mol. The third-order valence-corrected chi connectivity index (χ3v) is 2.26. The van der Waals surface area contributed by atoms with Crippen LogP contribution in [0.1, 0.15) is 25.0 Å². The van der Waals surface area contributed by atoms with E-state index in [1.165, 1.54) is 0 Å². The van der Waals surface area contributed by atoms with Gasteiger partial charge in [-0.05, 0) is 17.9 Å². The van der Waals surface area contributed by atoms with Crippen molar-refractivity contribution in [1.29, 1.82) is 0 Å². The molecule has 1 aromatic carbocycles. The molecule has 1 rings (SSSR count). The van der Waals surface area contributed by atoms with Crippen LogP contribution in [-0.2, 0) is 4.74 Å². The Morgan fingerprint density at radius 2 is 1.93 bits per heavy atom. The first-order chi connectivity index (χ1) is 6.74. The van der Waals surface area contributed by atoms with Crippen molar-refractivity contribution in [3.63, 3.8) is 0 Å². The third-order valence-electron chi connectivity index (χ3n) is 2.26. The first-order valence-corrected chi connectivity index (χ1v) is 4.96. The summed E-state index contributed by atoms with van der Waals surface area (Å²) in [7, 11) is 1.69. The van der Waals surface area contributed by atoms with E-state index >= 15 is 0 Å². The summed E-state index contributed by atoms with van der Waals surface area (Å²) >= 11 is 0. The Hall–Kier alpha value is -0.860. The highest BCUT2D eigenvalue weighted by Crippen LogP contribution is 2.20. The zero-order valence-electron chi connectivity index (χ0n) is 8.81. The molecule has 2 nitrogen and oxygen atoms in total. The van der Waals surface area contributed by atoms with E-state index in [0.29, 0.717) is 12.5 Å². The zero-order chi connectivity index (χ0) is 10.4. The standard InChI is InChI=1S/C12H18O2/c1-10(9-14-2)8-12(13)11-6-4-3-5-7-11/h3-7,10,12-13H,8-9H2,1-2H3. The highest BCUT2D eigenvalue weighted by atomic mass is 16.5. The molecule has 0 fully saturated rings. The first-order valence-electron chi connectivity index (χ1n) is 4.96. The van der Waals surface area contributed by atoms with Gasteiger partial charge in [-0.3, -0.25) is 0 Å². The second-order valence-electron chi connectivity index (χ2n) is 3.72. The lowest BCUT2D eigenvalue weighted by Crippen LogP contribution is -2.09. The average molecular weight is 194 g/mol. The number of ether oxygens (including phenoxy) is 1. The minimum absolute atomic E-state index is 0.374. The van der Waals surface area contributed by atoms with Crippen molar-refractivity contribution in [2.24, 2.45) is 5.92 Å². The van der Waals surface area contributed by atoms with E-state index < -0.39 is 0 Å². The molecule has 0 radical (unpaired) electrons. The normalized spacial score (nSPS) is 15.1. The molecule has 0 aliphatic carbocycles. The molecule has 0 amide bonds. The Bertz CT molecular complexity index is 246. The quantitative estimate of drug-likeness (QED) is 0.780. The number of aliphatic hydroxyl groups excluding tert-OH is 1. The van der Waals surface area contributed by atoms with Crippen LogP contribution in [0.25, 0.3) is 0 Å². The summed E-state index contributed by atoms with van der Waals surface area (Å²) in [5.74, 6) is 0.384. The van der Waals surface area contributed by atoms with Gasteiger partial charge in [0.2, 0.25) is 0 Å². The Kier molecular flexibility index (Phi) is 4.63. The number of benzene rings is 1. The molecule has 78 valence electrons. The zero-order valence-corrected chi connectivity index (χ0v) is 8.81. The fourth-order valence-electron chi connectivity index (χ4n) is 1.54. The van der Waals surface area contributed by atoms with E-state index in [2.05, 4.69) is 6.92 Å². The number of aliphatic hydroxyl groups is 1. The predicted octanol–water partition coefficient (Wildman–Crippen LogP) is 2.39. The van der Waals surface area contributed by atoms with Crippen molar-refractivity contribution >= 4 is 0 Å². The fourth-order valence-corrected chi connectivity index (χ4v) is 1.54. The van der Waals surface area contributed by atoms with E-state index in [1.807, 2.05) is 30.3 Å². The monoisotopic (exact) mass is 194 g/mol. The van der Waals surface area contributed by atoms with E-state index in [9.17, 15) is 5.11 Å². The molecule has 0 bridgehead atoms. The van der Waals surface area contributed by atoms with Gasteiger partial charge in [0.15, 0.2) is 0 Å². The van der Waals surface area contributed by atoms with Crippen LogP contribution in [-0.4, -0.2) is 18.8 Å². The molecular formula is C12H18O2. The molecule has 0 spiro atoms. The molecule has 0 aliphatic heterocycles. The molecule has 14 heavy (non-hydrogen) atoms. The van der Waals surface area contributed by atoms with Crippen molar-refractivity contribution in [2.45, 2.75) is 19.4 Å². The number of hydrogen-bond acceptors (Lipinski definition) is 2. The van der Waals surface area contributed by atoms with Crippen LogP contribution >= 0.6 is 0 Å². The summed E-state index contributed by atoms with van der Waals surface area (Å²) in [5.41, 5.74) is 0.982. The van der Waals surface area contributed by atoms with Crippen LogP contribution in [0.2, 0.25) is 0 Å². The van der Waals surface area contributed by atoms with E-state index in [1.54, 1.807) is 7.11 Å². The van der Waals surface area contributed by atoms with Crippen molar-refractivity contribution in [3.8, 4) is 0 Å². The maximum Gasteiger partial charge on any atom is 0.0793 e. The van der Waals surface area contributed by atoms with Crippen LogP contribution in [0.3, 0.4) is 0 Å². The van der Waals surface area contributed by atoms with Gasteiger partial charge < -0.3 is 9.84 Å². The van der Waals surface area contributed by atoms with Crippen molar-refractivity contribution < 1.29 is 9.84 Å². The van der Waals surface area contributed by atoms with Crippen LogP contribution in [0, 0.1) is 5.92 Å². The second-order valence-corrected chi connectivity index (χ2v) is 3.72. The van der Waals surface area contributed by atoms with Gasteiger partial charge >= 0.3 is 0 Å². The Morgan fingerprint density at radius 1 is 1.29 bits per heavy atom. The van der Waals surface area contributed by atoms with Gasteiger partial charge in [-0.15, -0.1) is 0 Å². The Balaban J connectivity index is 2.46. The van der Waals surface area contributed by atoms with Crippen molar-refractivity contribution in [3.05, 3.63) is 35.9 Å². The average Bonchev–Trinajstić information content (AvgIpc) is 2.19. The maximum atomic E-state index is 9.86. The van der Waals surface area contributed by atoms with Gasteiger partial charge in [0.25, 0.3) is 0 Å². The largest absolute Gasteiger partial charge is 0.388 e. The van der Waals surface area contributed by atoms with Gasteiger partial charge in [-0.1, -0.05) is 37.3 Å². The molecule has 0 aromatic heterocycles. The van der Waals surface area contributed by atoms with Gasteiger partial charge in [0.05, 0.1) is 6.10 Å². The SMILES string of the molecule is COCC(C)CC(O)c1ccccc1. The third kappa shape index (κ3) is 3.48. The molecule has 2 atom stereocenters. The smallest absolute Gasteiger partial charge is 0.0793 e. The molecule has 0 saturated heterocycles. The lowest BCUT2D eigenvalue weighted by atomic mass is 9.99. The van der Waals surface area contributed by atoms with Crippen LogP contribution in [0.5, 0.6) is 0 Å². The van der Waals surface area contributed by atoms with E-state index in [0.717, 1.165) is 12.0 Å². The van der Waals surface area contributed by atoms with Crippen LogP contribution in [0.15, 0.2) is 30.3 Å². The summed E-state index contributed by atoms with van der Waals surface area (Å²) < 4.78 is 5.03. The van der Waals surface area contributed by atoms with Gasteiger partial charge in [-0.25, -0.2) is 0 Å². The fraction of sp³-hybridized carbons (Fsp3) is 0.500. The number of hydrogen-bond donors (Lipinski definition) is 1. The minimum atomic E-state index is -0.374. The first kappa shape index (κ1) is 11.2. The summed E-state index contributed by atoms with van der Waals surface area (Å²) in [4.78, 5) is 0.